The number of hydrogen-bond acceptors (Lipinski definition) is 5. The highest BCUT2D eigenvalue weighted by Crippen LogP contribution is 2.27. The summed E-state index contributed by atoms with van der Waals surface area (Å²) >= 11 is 6.01. The summed E-state index contributed by atoms with van der Waals surface area (Å²) in [5.74, 6) is -0.444. The average Bonchev–Trinajstić information content (AvgIpc) is 3.11. The second-order valence-corrected chi connectivity index (χ2v) is 8.96. The lowest BCUT2D eigenvalue weighted by Gasteiger charge is -2.19. The molecule has 0 aliphatic rings. The first-order chi connectivity index (χ1) is 16.3. The molecule has 2 aromatic heterocycles. The number of fused-ring (bicyclic) bond motifs is 1. The highest BCUT2D eigenvalue weighted by molar-refractivity contribution is 6.30. The molecule has 0 radical (unpaired) electrons. The van der Waals surface area contributed by atoms with Gasteiger partial charge in [-0.1, -0.05) is 30.7 Å². The van der Waals surface area contributed by atoms with Crippen LogP contribution >= 0.6 is 11.6 Å². The number of benzene rings is 1. The zero-order valence-corrected chi connectivity index (χ0v) is 20.5. The Morgan fingerprint density at radius 1 is 1.35 bits per heavy atom. The first kappa shape index (κ1) is 25.4. The van der Waals surface area contributed by atoms with E-state index in [4.69, 9.17) is 16.3 Å². The Bertz CT molecular complexity index is 1210. The van der Waals surface area contributed by atoms with Crippen LogP contribution in [0, 0.1) is 17.2 Å². The van der Waals surface area contributed by atoms with E-state index in [0.717, 1.165) is 30.4 Å². The number of aldehydes is 1. The van der Waals surface area contributed by atoms with E-state index in [9.17, 15) is 14.9 Å². The molecule has 0 aliphatic heterocycles. The zero-order chi connectivity index (χ0) is 24.7. The maximum absolute atomic E-state index is 13.4. The zero-order valence-electron chi connectivity index (χ0n) is 19.8. The minimum Gasteiger partial charge on any atom is -0.377 e. The molecule has 0 spiro atoms. The smallest absolute Gasteiger partial charge is 0.256 e. The number of amides is 1. The Morgan fingerprint density at radius 2 is 2.15 bits per heavy atom. The van der Waals surface area contributed by atoms with Crippen molar-refractivity contribution in [2.45, 2.75) is 32.8 Å². The Labute approximate surface area is 204 Å². The molecule has 0 saturated carbocycles. The number of nitriles is 1. The van der Waals surface area contributed by atoms with E-state index in [1.54, 1.807) is 24.9 Å². The van der Waals surface area contributed by atoms with Gasteiger partial charge in [0.05, 0.1) is 17.7 Å². The van der Waals surface area contributed by atoms with Gasteiger partial charge in [0.1, 0.15) is 18.0 Å². The highest BCUT2D eigenvalue weighted by Gasteiger charge is 2.25. The van der Waals surface area contributed by atoms with Gasteiger partial charge in [0, 0.05) is 55.5 Å². The van der Waals surface area contributed by atoms with Crippen LogP contribution in [0.1, 0.15) is 46.9 Å². The molecule has 0 bridgehead atoms. The van der Waals surface area contributed by atoms with Crippen molar-refractivity contribution in [3.05, 3.63) is 63.9 Å². The fourth-order valence-electron chi connectivity index (χ4n) is 4.01. The van der Waals surface area contributed by atoms with E-state index >= 15 is 0 Å². The van der Waals surface area contributed by atoms with Crippen LogP contribution in [-0.4, -0.2) is 46.8 Å². The summed E-state index contributed by atoms with van der Waals surface area (Å²) in [5, 5.41) is 10.7. The Kier molecular flexibility index (Phi) is 8.80. The summed E-state index contributed by atoms with van der Waals surface area (Å²) in [4.78, 5) is 30.5. The summed E-state index contributed by atoms with van der Waals surface area (Å²) in [5.41, 5.74) is 3.50. The van der Waals surface area contributed by atoms with E-state index < -0.39 is 0 Å². The summed E-state index contributed by atoms with van der Waals surface area (Å²) in [6.45, 7) is 3.19. The second-order valence-electron chi connectivity index (χ2n) is 8.53. The van der Waals surface area contributed by atoms with Crippen LogP contribution in [0.3, 0.4) is 0 Å². The number of halogens is 1. The lowest BCUT2D eigenvalue weighted by atomic mass is 10.0. The Hall–Kier alpha value is -3.21. The van der Waals surface area contributed by atoms with Gasteiger partial charge in [-0.05, 0) is 43.0 Å². The number of hydrogen-bond donors (Lipinski definition) is 0. The van der Waals surface area contributed by atoms with E-state index in [0.29, 0.717) is 53.4 Å². The van der Waals surface area contributed by atoms with Crippen molar-refractivity contribution in [3.63, 3.8) is 0 Å². The number of rotatable bonds is 11. The van der Waals surface area contributed by atoms with Crippen LogP contribution < -0.4 is 0 Å². The van der Waals surface area contributed by atoms with Crippen molar-refractivity contribution in [2.75, 3.05) is 20.2 Å². The molecule has 1 aromatic carbocycles. The van der Waals surface area contributed by atoms with Crippen LogP contribution in [0.25, 0.3) is 11.0 Å². The number of carbonyl (C=O) groups is 2. The predicted molar refractivity (Wildman–Crippen MR) is 132 cm³/mol. The lowest BCUT2D eigenvalue weighted by molar-refractivity contribution is -0.110. The summed E-state index contributed by atoms with van der Waals surface area (Å²) in [6, 6.07) is 11.4. The molecule has 1 amide bonds. The van der Waals surface area contributed by atoms with E-state index in [1.807, 2.05) is 35.9 Å². The van der Waals surface area contributed by atoms with Gasteiger partial charge in [0.15, 0.2) is 0 Å². The van der Waals surface area contributed by atoms with Gasteiger partial charge in [0.2, 0.25) is 0 Å². The van der Waals surface area contributed by atoms with Gasteiger partial charge in [-0.2, -0.15) is 5.26 Å². The SMILES string of the molecule is CC(C=O)CN(C)C(=O)c1c(CCCCOCc2cccc(Cl)c2)n(C)c2ncc(C#N)cc12. The van der Waals surface area contributed by atoms with Crippen LogP contribution in [-0.2, 0) is 29.6 Å². The fourth-order valence-corrected chi connectivity index (χ4v) is 4.23. The molecule has 3 aromatic rings. The molecular formula is C26H29ClN4O3. The molecule has 1 unspecified atom stereocenters. The minimum absolute atomic E-state index is 0.177. The largest absolute Gasteiger partial charge is 0.377 e. The summed E-state index contributed by atoms with van der Waals surface area (Å²) < 4.78 is 7.71. The highest BCUT2D eigenvalue weighted by atomic mass is 35.5. The van der Waals surface area contributed by atoms with Crippen LogP contribution in [0.15, 0.2) is 36.5 Å². The second kappa shape index (κ2) is 11.8. The predicted octanol–water partition coefficient (Wildman–Crippen LogP) is 4.54. The molecule has 178 valence electrons. The van der Waals surface area contributed by atoms with Crippen molar-refractivity contribution in [3.8, 4) is 6.07 Å². The third-order valence-electron chi connectivity index (χ3n) is 5.74. The number of pyridine rings is 1. The molecule has 7 nitrogen and oxygen atoms in total. The number of carbonyl (C=O) groups excluding carboxylic acids is 2. The first-order valence-corrected chi connectivity index (χ1v) is 11.6. The molecular weight excluding hydrogens is 452 g/mol. The third kappa shape index (κ3) is 6.02. The van der Waals surface area contributed by atoms with E-state index in [-0.39, 0.29) is 11.8 Å². The number of aryl methyl sites for hydroxylation is 1. The van der Waals surface area contributed by atoms with Gasteiger partial charge < -0.3 is 19.0 Å². The standard InChI is InChI=1S/C26H29ClN4O3/c1-18(16-32)15-30(2)26(33)24-22-12-20(13-28)14-29-25(22)31(3)23(24)9-4-5-10-34-17-19-7-6-8-21(27)11-19/h6-8,11-12,14,16,18H,4-5,9-10,15,17H2,1-3H3. The van der Waals surface area contributed by atoms with Gasteiger partial charge >= 0.3 is 0 Å². The monoisotopic (exact) mass is 480 g/mol. The molecule has 1 atom stereocenters. The van der Waals surface area contributed by atoms with Crippen molar-refractivity contribution in [2.24, 2.45) is 13.0 Å². The maximum Gasteiger partial charge on any atom is 0.256 e. The molecule has 34 heavy (non-hydrogen) atoms. The van der Waals surface area contributed by atoms with Gasteiger partial charge in [-0.3, -0.25) is 4.79 Å². The first-order valence-electron chi connectivity index (χ1n) is 11.3. The average molecular weight is 481 g/mol. The minimum atomic E-state index is -0.267. The molecule has 0 aliphatic carbocycles. The van der Waals surface area contributed by atoms with Gasteiger partial charge in [0.25, 0.3) is 5.91 Å². The molecule has 0 N–H and O–H groups in total. The number of nitrogens with zero attached hydrogens (tertiary/aromatic N) is 4. The quantitative estimate of drug-likeness (QED) is 0.297. The fraction of sp³-hybridized carbons (Fsp3) is 0.385. The normalized spacial score (nSPS) is 11.9. The van der Waals surface area contributed by atoms with Crippen LogP contribution in [0.2, 0.25) is 5.02 Å². The topological polar surface area (TPSA) is 88.2 Å². The van der Waals surface area contributed by atoms with Crippen LogP contribution in [0.5, 0.6) is 0 Å². The molecule has 2 heterocycles. The van der Waals surface area contributed by atoms with Crippen molar-refractivity contribution in [1.29, 1.82) is 5.26 Å². The molecule has 3 rings (SSSR count). The van der Waals surface area contributed by atoms with Crippen LogP contribution in [0.4, 0.5) is 0 Å². The Balaban J connectivity index is 1.74. The number of unbranched alkanes of at least 4 members (excludes halogenated alkanes) is 1. The summed E-state index contributed by atoms with van der Waals surface area (Å²) in [6.07, 6.45) is 4.66. The van der Waals surface area contributed by atoms with Crippen molar-refractivity contribution in [1.82, 2.24) is 14.5 Å². The Morgan fingerprint density at radius 3 is 2.85 bits per heavy atom. The molecule has 8 heteroatoms. The van der Waals surface area contributed by atoms with E-state index in [1.165, 1.54) is 6.20 Å². The van der Waals surface area contributed by atoms with Crippen molar-refractivity contribution < 1.29 is 14.3 Å². The van der Waals surface area contributed by atoms with Crippen molar-refractivity contribution >= 4 is 34.8 Å². The third-order valence-corrected chi connectivity index (χ3v) is 5.98. The molecule has 0 fully saturated rings. The molecule has 0 saturated heterocycles. The number of ether oxygens (including phenoxy) is 1. The van der Waals surface area contributed by atoms with Gasteiger partial charge in [-0.25, -0.2) is 4.98 Å². The summed E-state index contributed by atoms with van der Waals surface area (Å²) in [7, 11) is 3.58. The van der Waals surface area contributed by atoms with E-state index in [2.05, 4.69) is 11.1 Å². The lowest BCUT2D eigenvalue weighted by Crippen LogP contribution is -2.32. The van der Waals surface area contributed by atoms with Gasteiger partial charge in [-0.15, -0.1) is 0 Å². The number of aromatic nitrogens is 2. The maximum atomic E-state index is 13.4.